The van der Waals surface area contributed by atoms with Crippen molar-refractivity contribution in [3.63, 3.8) is 0 Å². The van der Waals surface area contributed by atoms with E-state index >= 15 is 0 Å². The van der Waals surface area contributed by atoms with Crippen molar-refractivity contribution in [3.8, 4) is 22.7 Å². The molecule has 42 heavy (non-hydrogen) atoms. The second kappa shape index (κ2) is 11.2. The van der Waals surface area contributed by atoms with Crippen LogP contribution in [0.1, 0.15) is 23.9 Å². The van der Waals surface area contributed by atoms with Crippen LogP contribution in [0.5, 0.6) is 5.75 Å². The van der Waals surface area contributed by atoms with Crippen LogP contribution in [0.15, 0.2) is 83.8 Å². The van der Waals surface area contributed by atoms with Gasteiger partial charge in [0.25, 0.3) is 5.56 Å². The van der Waals surface area contributed by atoms with Gasteiger partial charge in [0, 0.05) is 23.4 Å². The molecule has 0 fully saturated rings. The summed E-state index contributed by atoms with van der Waals surface area (Å²) in [5, 5.41) is 20.8. The first kappa shape index (κ1) is 26.7. The molecule has 0 amide bonds. The summed E-state index contributed by atoms with van der Waals surface area (Å²) in [5.74, 6) is 0.176. The Morgan fingerprint density at radius 2 is 1.83 bits per heavy atom. The van der Waals surface area contributed by atoms with Crippen molar-refractivity contribution in [2.75, 3.05) is 6.61 Å². The van der Waals surface area contributed by atoms with Crippen molar-refractivity contribution < 1.29 is 14.1 Å². The summed E-state index contributed by atoms with van der Waals surface area (Å²) in [7, 11) is 0. The van der Waals surface area contributed by atoms with Gasteiger partial charge in [-0.2, -0.15) is 14.6 Å². The highest BCUT2D eigenvalue weighted by atomic mass is 32.1. The van der Waals surface area contributed by atoms with Crippen molar-refractivity contribution in [3.05, 3.63) is 127 Å². The van der Waals surface area contributed by atoms with Gasteiger partial charge in [-0.15, -0.1) is 5.10 Å². The molecule has 208 valence electrons. The topological polar surface area (TPSA) is 117 Å². The Hall–Kier alpha value is -5.49. The van der Waals surface area contributed by atoms with Gasteiger partial charge < -0.3 is 4.74 Å². The molecule has 3 heterocycles. The van der Waals surface area contributed by atoms with Gasteiger partial charge in [-0.3, -0.25) is 14.9 Å². The molecule has 0 radical (unpaired) electrons. The summed E-state index contributed by atoms with van der Waals surface area (Å²) in [4.78, 5) is 29.4. The monoisotopic (exact) mass is 580 g/mol. The van der Waals surface area contributed by atoms with Crippen LogP contribution in [0.4, 0.5) is 10.1 Å². The molecule has 0 N–H and O–H groups in total. The average Bonchev–Trinajstić information content (AvgIpc) is 3.68. The number of hydrogen-bond donors (Lipinski definition) is 0. The number of aromatic nitrogens is 5. The minimum atomic E-state index is -0.496. The van der Waals surface area contributed by atoms with E-state index < -0.39 is 4.92 Å². The van der Waals surface area contributed by atoms with E-state index in [2.05, 4.69) is 10.1 Å². The molecule has 6 aromatic rings. The molecule has 3 aromatic heterocycles. The summed E-state index contributed by atoms with van der Waals surface area (Å²) in [6, 6.07) is 20.0. The quantitative estimate of drug-likeness (QED) is 0.180. The number of nitrogens with zero attached hydrogens (tertiary/aromatic N) is 6. The fourth-order valence-corrected chi connectivity index (χ4v) is 5.23. The van der Waals surface area contributed by atoms with Crippen LogP contribution in [-0.4, -0.2) is 35.9 Å². The van der Waals surface area contributed by atoms with Crippen LogP contribution in [0.2, 0.25) is 0 Å². The number of halogens is 1. The molecular formula is C30H21FN6O4S. The Morgan fingerprint density at radius 1 is 1.05 bits per heavy atom. The van der Waals surface area contributed by atoms with Crippen molar-refractivity contribution in [1.29, 1.82) is 0 Å². The average molecular weight is 581 g/mol. The molecule has 12 heteroatoms. The third-order valence-electron chi connectivity index (χ3n) is 6.27. The van der Waals surface area contributed by atoms with Crippen LogP contribution in [0.25, 0.3) is 40.1 Å². The number of fused-ring (bicyclic) bond motifs is 1. The maximum absolute atomic E-state index is 13.3. The summed E-state index contributed by atoms with van der Waals surface area (Å²) in [6.07, 6.45) is 6.83. The molecule has 0 atom stereocenters. The van der Waals surface area contributed by atoms with Crippen LogP contribution in [0.3, 0.4) is 0 Å². The highest BCUT2D eigenvalue weighted by Crippen LogP contribution is 2.34. The lowest BCUT2D eigenvalue weighted by Crippen LogP contribution is -2.23. The van der Waals surface area contributed by atoms with E-state index in [0.29, 0.717) is 32.1 Å². The van der Waals surface area contributed by atoms with Gasteiger partial charge in [0.15, 0.2) is 11.6 Å². The van der Waals surface area contributed by atoms with Gasteiger partial charge in [0.2, 0.25) is 4.96 Å². The first-order chi connectivity index (χ1) is 20.4. The molecule has 0 spiro atoms. The van der Waals surface area contributed by atoms with E-state index in [9.17, 15) is 19.3 Å². The molecule has 0 unspecified atom stereocenters. The largest absolute Gasteiger partial charge is 0.487 e. The number of ether oxygens (including phenoxy) is 1. The molecule has 0 saturated carbocycles. The Morgan fingerprint density at radius 3 is 2.55 bits per heavy atom. The first-order valence-electron chi connectivity index (χ1n) is 12.8. The third-order valence-corrected chi connectivity index (χ3v) is 7.23. The fraction of sp³-hybridized carbons (Fsp3) is 0.0667. The number of para-hydroxylation sites is 1. The maximum atomic E-state index is 13.3. The zero-order valence-corrected chi connectivity index (χ0v) is 22.9. The number of nitro benzene ring substituents is 1. The zero-order valence-electron chi connectivity index (χ0n) is 22.0. The van der Waals surface area contributed by atoms with Gasteiger partial charge in [0.05, 0.1) is 21.7 Å². The molecule has 0 aliphatic carbocycles. The van der Waals surface area contributed by atoms with Crippen molar-refractivity contribution in [1.82, 2.24) is 24.4 Å². The van der Waals surface area contributed by atoms with Crippen LogP contribution >= 0.6 is 11.3 Å². The summed E-state index contributed by atoms with van der Waals surface area (Å²) < 4.78 is 21.9. The van der Waals surface area contributed by atoms with Crippen molar-refractivity contribution in [2.45, 2.75) is 6.92 Å². The van der Waals surface area contributed by atoms with E-state index in [1.165, 1.54) is 22.7 Å². The highest BCUT2D eigenvalue weighted by Gasteiger charge is 2.20. The predicted octanol–water partition coefficient (Wildman–Crippen LogP) is 5.17. The van der Waals surface area contributed by atoms with E-state index in [4.69, 9.17) is 9.84 Å². The highest BCUT2D eigenvalue weighted by molar-refractivity contribution is 7.15. The Labute approximate surface area is 241 Å². The molecule has 0 aliphatic heterocycles. The van der Waals surface area contributed by atoms with Crippen LogP contribution in [0, 0.1) is 15.9 Å². The van der Waals surface area contributed by atoms with Gasteiger partial charge in [-0.25, -0.2) is 9.07 Å². The molecular weight excluding hydrogens is 559 g/mol. The maximum Gasteiger partial charge on any atom is 0.311 e. The first-order valence-corrected chi connectivity index (χ1v) is 13.6. The zero-order chi connectivity index (χ0) is 29.2. The van der Waals surface area contributed by atoms with Gasteiger partial charge in [-0.1, -0.05) is 47.7 Å². The van der Waals surface area contributed by atoms with E-state index in [0.717, 1.165) is 22.6 Å². The molecule has 0 saturated heterocycles. The molecule has 6 rings (SSSR count). The fourth-order valence-electron chi connectivity index (χ4n) is 4.32. The van der Waals surface area contributed by atoms with E-state index in [-0.39, 0.29) is 29.4 Å². The minimum Gasteiger partial charge on any atom is -0.487 e. The second-order valence-electron chi connectivity index (χ2n) is 9.05. The lowest BCUT2D eigenvalue weighted by atomic mass is 10.1. The van der Waals surface area contributed by atoms with Crippen LogP contribution < -0.4 is 14.8 Å². The molecule has 3 aromatic carbocycles. The Kier molecular flexibility index (Phi) is 7.11. The van der Waals surface area contributed by atoms with Gasteiger partial charge >= 0.3 is 5.69 Å². The number of rotatable bonds is 8. The van der Waals surface area contributed by atoms with E-state index in [1.54, 1.807) is 60.3 Å². The van der Waals surface area contributed by atoms with Crippen LogP contribution in [-0.2, 0) is 0 Å². The predicted molar refractivity (Wildman–Crippen MR) is 158 cm³/mol. The molecule has 0 bridgehead atoms. The Balaban J connectivity index is 1.43. The van der Waals surface area contributed by atoms with Gasteiger partial charge in [-0.05, 0) is 61.0 Å². The van der Waals surface area contributed by atoms with Gasteiger partial charge in [0.1, 0.15) is 11.5 Å². The standard InChI is InChI=1S/C30H21FN6O4S/c1-2-41-25-14-11-20(16-24(25)37(39)40)28-21(18-35(34-28)23-6-4-3-5-7-23)17-26-29(38)36-30(42-26)32-27(33-36)15-10-19-8-12-22(31)13-9-19/h3-18H,2H2,1H3/b15-10+,26-17-. The summed E-state index contributed by atoms with van der Waals surface area (Å²) >= 11 is 1.16. The number of hydrogen-bond acceptors (Lipinski definition) is 8. The lowest BCUT2D eigenvalue weighted by molar-refractivity contribution is -0.385. The van der Waals surface area contributed by atoms with Crippen molar-refractivity contribution >= 4 is 40.2 Å². The Bertz CT molecular complexity index is 2070. The summed E-state index contributed by atoms with van der Waals surface area (Å²) in [6.45, 7) is 2.04. The SMILES string of the molecule is CCOc1ccc(-c2nn(-c3ccccc3)cc2/C=c2\sc3nc(/C=C/c4ccc(F)cc4)nn3c2=O)cc1[N+](=O)[O-]. The molecule has 10 nitrogen and oxygen atoms in total. The number of nitro groups is 1. The second-order valence-corrected chi connectivity index (χ2v) is 10.1. The normalized spacial score (nSPS) is 12.0. The lowest BCUT2D eigenvalue weighted by Gasteiger charge is -2.06. The van der Waals surface area contributed by atoms with E-state index in [1.807, 2.05) is 30.3 Å². The smallest absolute Gasteiger partial charge is 0.311 e. The minimum absolute atomic E-state index is 0.163. The van der Waals surface area contributed by atoms with Crippen molar-refractivity contribution in [2.24, 2.45) is 0 Å². The number of benzene rings is 3. The number of thiazole rings is 1. The molecule has 0 aliphatic rings. The third kappa shape index (κ3) is 5.30. The summed E-state index contributed by atoms with van der Waals surface area (Å²) in [5.41, 5.74) is 2.52.